The fraction of sp³-hybridized carbons (Fsp3) is 0.636. The van der Waals surface area contributed by atoms with Crippen molar-refractivity contribution in [2.75, 3.05) is 0 Å². The number of benzene rings is 2. The summed E-state index contributed by atoms with van der Waals surface area (Å²) >= 11 is 0. The molecule has 0 N–H and O–H groups in total. The molecule has 336 valence electrons. The molecule has 4 fully saturated rings. The summed E-state index contributed by atoms with van der Waals surface area (Å²) in [4.78, 5) is 0. The van der Waals surface area contributed by atoms with Crippen LogP contribution < -0.4 is 10.4 Å². The molecule has 0 heterocycles. The minimum atomic E-state index is -2.65. The molecule has 7 atom stereocenters. The third-order valence-electron chi connectivity index (χ3n) is 16.8. The SMILES string of the molecule is C=C1/C(=C\C=C2/CCC[C@]3(C)[C@@H]([C@H](C)/C=C/[C@@H](O[Si](c4ccccc4)(c4ccccc4)C(C)(C)C)C4CC4)CC[C@@H]23)C[C@@H](O[Si](C)(C)C(C)(C)C)C[C@@H]1O[Si](C)(C)C(C)(C)C. The molecule has 0 aromatic heterocycles. The average Bonchev–Trinajstić information content (AvgIpc) is 3.95. The number of fused-ring (bicyclic) bond motifs is 1. The van der Waals surface area contributed by atoms with Gasteiger partial charge in [0, 0.05) is 6.42 Å². The third kappa shape index (κ3) is 10.3. The topological polar surface area (TPSA) is 27.7 Å². The summed E-state index contributed by atoms with van der Waals surface area (Å²) in [5.41, 5.74) is 4.49. The van der Waals surface area contributed by atoms with E-state index in [-0.39, 0.29) is 33.4 Å². The van der Waals surface area contributed by atoms with Crippen LogP contribution in [0, 0.1) is 29.1 Å². The summed E-state index contributed by atoms with van der Waals surface area (Å²) in [6.45, 7) is 40.8. The summed E-state index contributed by atoms with van der Waals surface area (Å²) in [7, 11) is -6.64. The first-order valence-corrected chi connectivity index (χ1v) is 31.9. The van der Waals surface area contributed by atoms with Crippen LogP contribution in [0.3, 0.4) is 0 Å². The van der Waals surface area contributed by atoms with Gasteiger partial charge in [-0.2, -0.15) is 0 Å². The Bertz CT molecular complexity index is 1860. The summed E-state index contributed by atoms with van der Waals surface area (Å²) < 4.78 is 22.1. The molecule has 6 heteroatoms. The molecule has 0 amide bonds. The van der Waals surface area contributed by atoms with Gasteiger partial charge in [0.15, 0.2) is 16.6 Å². The minimum absolute atomic E-state index is 0.00855. The van der Waals surface area contributed by atoms with Gasteiger partial charge in [0.25, 0.3) is 8.32 Å². The van der Waals surface area contributed by atoms with Crippen LogP contribution >= 0.6 is 0 Å². The van der Waals surface area contributed by atoms with Crippen LogP contribution in [0.15, 0.2) is 108 Å². The Morgan fingerprint density at radius 2 is 1.28 bits per heavy atom. The van der Waals surface area contributed by atoms with E-state index in [0.717, 1.165) is 12.8 Å². The first-order valence-electron chi connectivity index (χ1n) is 24.2. The fourth-order valence-corrected chi connectivity index (χ4v) is 18.3. The molecule has 0 saturated heterocycles. The van der Waals surface area contributed by atoms with E-state index in [4.69, 9.17) is 19.9 Å². The number of allylic oxidation sites excluding steroid dienone is 4. The van der Waals surface area contributed by atoms with Crippen LogP contribution in [0.25, 0.3) is 0 Å². The lowest BCUT2D eigenvalue weighted by Crippen LogP contribution is -2.67. The summed E-state index contributed by atoms with van der Waals surface area (Å²) in [5, 5.41) is 3.01. The molecule has 61 heavy (non-hydrogen) atoms. The Morgan fingerprint density at radius 3 is 1.80 bits per heavy atom. The molecule has 4 saturated carbocycles. The van der Waals surface area contributed by atoms with Crippen LogP contribution in [0.2, 0.25) is 41.3 Å². The second-order valence-electron chi connectivity index (χ2n) is 24.2. The van der Waals surface area contributed by atoms with Crippen molar-refractivity contribution in [2.24, 2.45) is 29.1 Å². The Balaban J connectivity index is 1.24. The number of hydrogen-bond donors (Lipinski definition) is 0. The minimum Gasteiger partial charge on any atom is -0.413 e. The van der Waals surface area contributed by atoms with Gasteiger partial charge < -0.3 is 13.3 Å². The van der Waals surface area contributed by atoms with Crippen LogP contribution in [-0.4, -0.2) is 43.3 Å². The lowest BCUT2D eigenvalue weighted by atomic mass is 9.61. The molecule has 0 spiro atoms. The van der Waals surface area contributed by atoms with Crippen molar-refractivity contribution in [3.63, 3.8) is 0 Å². The van der Waals surface area contributed by atoms with Gasteiger partial charge in [0.05, 0.1) is 18.3 Å². The normalized spacial score (nSPS) is 28.4. The molecule has 6 rings (SSSR count). The molecule has 0 unspecified atom stereocenters. The maximum Gasteiger partial charge on any atom is 0.261 e. The first kappa shape index (κ1) is 48.4. The van der Waals surface area contributed by atoms with Gasteiger partial charge in [-0.25, -0.2) is 0 Å². The average molecular weight is 880 g/mol. The molecule has 3 nitrogen and oxygen atoms in total. The van der Waals surface area contributed by atoms with Crippen LogP contribution in [0.4, 0.5) is 0 Å². The van der Waals surface area contributed by atoms with E-state index >= 15 is 0 Å². The highest BCUT2D eigenvalue weighted by Crippen LogP contribution is 2.60. The maximum absolute atomic E-state index is 7.78. The van der Waals surface area contributed by atoms with E-state index in [2.05, 4.69) is 187 Å². The maximum atomic E-state index is 7.78. The summed E-state index contributed by atoms with van der Waals surface area (Å²) in [6.07, 6.45) is 21.1. The molecule has 4 aliphatic rings. The van der Waals surface area contributed by atoms with E-state index in [9.17, 15) is 0 Å². The van der Waals surface area contributed by atoms with Crippen molar-refractivity contribution in [3.05, 3.63) is 108 Å². The highest BCUT2D eigenvalue weighted by molar-refractivity contribution is 6.99. The molecular formula is C55H86O3Si3. The Labute approximate surface area is 377 Å². The summed E-state index contributed by atoms with van der Waals surface area (Å²) in [5.74, 6) is 2.38. The molecular weight excluding hydrogens is 793 g/mol. The first-order chi connectivity index (χ1) is 28.3. The van der Waals surface area contributed by atoms with Crippen molar-refractivity contribution < 1.29 is 13.3 Å². The molecule has 0 bridgehead atoms. The van der Waals surface area contributed by atoms with Crippen LogP contribution in [0.1, 0.15) is 134 Å². The lowest BCUT2D eigenvalue weighted by molar-refractivity contribution is 0.0969. The number of rotatable bonds is 13. The van der Waals surface area contributed by atoms with Crippen molar-refractivity contribution in [1.29, 1.82) is 0 Å². The van der Waals surface area contributed by atoms with Crippen molar-refractivity contribution >= 4 is 35.3 Å². The monoisotopic (exact) mass is 879 g/mol. The predicted octanol–water partition coefficient (Wildman–Crippen LogP) is 14.7. The van der Waals surface area contributed by atoms with Crippen molar-refractivity contribution in [3.8, 4) is 0 Å². The zero-order chi connectivity index (χ0) is 44.8. The Kier molecular flexibility index (Phi) is 14.3. The fourth-order valence-electron chi connectivity index (χ4n) is 10.9. The van der Waals surface area contributed by atoms with Gasteiger partial charge in [0.2, 0.25) is 0 Å². The van der Waals surface area contributed by atoms with E-state index in [1.165, 1.54) is 66.5 Å². The highest BCUT2D eigenvalue weighted by atomic mass is 28.4. The van der Waals surface area contributed by atoms with Gasteiger partial charge in [0.1, 0.15) is 0 Å². The highest BCUT2D eigenvalue weighted by Gasteiger charge is 2.54. The standard InChI is InChI=1S/C55H86O3Si3/c1-40(29-36-50(43-31-32-43)58-61(54(9,10)11,46-25-19-17-20-26-46)47-27-21-18-22-28-47)48-34-35-49-42(24-23-37-55(48,49)12)30-33-44-38-45(56-59(13,14)52(3,4)5)39-51(41(44)2)57-60(15,16)53(6,7)8/h17-22,25-30,33,36,40,43,45,48-51H,2,23-24,31-32,34-35,37-39H2,1,3-16H3/b36-29+,42-30+,44-33-/t40-,45-,48-,49+,50-,51+,55-/m1/s1. The quantitative estimate of drug-likeness (QED) is 0.148. The number of hydrogen-bond acceptors (Lipinski definition) is 3. The van der Waals surface area contributed by atoms with Gasteiger partial charge in [-0.1, -0.05) is 173 Å². The largest absolute Gasteiger partial charge is 0.413 e. The van der Waals surface area contributed by atoms with Gasteiger partial charge in [-0.3, -0.25) is 0 Å². The van der Waals surface area contributed by atoms with Crippen molar-refractivity contribution in [1.82, 2.24) is 0 Å². The second kappa shape index (κ2) is 18.1. The zero-order valence-corrected chi connectivity index (χ0v) is 44.4. The second-order valence-corrected chi connectivity index (χ2v) is 38.0. The summed E-state index contributed by atoms with van der Waals surface area (Å²) in [6, 6.07) is 22.4. The van der Waals surface area contributed by atoms with Crippen LogP contribution in [0.5, 0.6) is 0 Å². The predicted molar refractivity (Wildman–Crippen MR) is 270 cm³/mol. The molecule has 2 aromatic carbocycles. The van der Waals surface area contributed by atoms with E-state index in [1.807, 2.05) is 0 Å². The van der Waals surface area contributed by atoms with Gasteiger partial charge in [-0.05, 0) is 143 Å². The van der Waals surface area contributed by atoms with Gasteiger partial charge >= 0.3 is 0 Å². The molecule has 0 radical (unpaired) electrons. The van der Waals surface area contributed by atoms with Gasteiger partial charge in [-0.15, -0.1) is 0 Å². The smallest absolute Gasteiger partial charge is 0.261 e. The van der Waals surface area contributed by atoms with E-state index in [0.29, 0.717) is 29.1 Å². The zero-order valence-electron chi connectivity index (χ0n) is 41.4. The van der Waals surface area contributed by atoms with E-state index < -0.39 is 25.0 Å². The molecule has 0 aliphatic heterocycles. The van der Waals surface area contributed by atoms with E-state index in [1.54, 1.807) is 5.57 Å². The third-order valence-corrected chi connectivity index (χ3v) is 30.9. The molecule has 4 aliphatic carbocycles. The Hall–Kier alpha value is -2.07. The molecule has 2 aromatic rings. The Morgan fingerprint density at radius 1 is 0.721 bits per heavy atom. The van der Waals surface area contributed by atoms with Crippen LogP contribution in [-0.2, 0) is 13.3 Å². The van der Waals surface area contributed by atoms with Crippen molar-refractivity contribution in [2.45, 2.75) is 194 Å². The lowest BCUT2D eigenvalue weighted by Gasteiger charge is -2.46.